The number of hydrogen-bond acceptors (Lipinski definition) is 3. The van der Waals surface area contributed by atoms with E-state index in [4.69, 9.17) is 15.3 Å². The van der Waals surface area contributed by atoms with Crippen LogP contribution < -0.4 is 0 Å². The summed E-state index contributed by atoms with van der Waals surface area (Å²) in [5.41, 5.74) is 0. The monoisotopic (exact) mass is 216 g/mol. The van der Waals surface area contributed by atoms with Crippen LogP contribution in [0.5, 0.6) is 0 Å². The molecule has 3 N–H and O–H groups in total. The van der Waals surface area contributed by atoms with Gasteiger partial charge in [-0.3, -0.25) is 0 Å². The number of halogens is 3. The first-order chi connectivity index (χ1) is 6.19. The number of hydrogen-bond donors (Lipinski definition) is 3. The average molecular weight is 216 g/mol. The molecular formula is C6H7F3O5. The van der Waals surface area contributed by atoms with E-state index >= 15 is 0 Å². The van der Waals surface area contributed by atoms with E-state index in [1.807, 2.05) is 0 Å². The smallest absolute Gasteiger partial charge is 0.411 e. The van der Waals surface area contributed by atoms with Crippen LogP contribution in [0.4, 0.5) is 13.2 Å². The molecule has 5 nitrogen and oxygen atoms in total. The maximum atomic E-state index is 10.5. The molecule has 0 saturated heterocycles. The van der Waals surface area contributed by atoms with Gasteiger partial charge in [-0.1, -0.05) is 0 Å². The third-order valence-electron chi connectivity index (χ3n) is 0.548. The highest BCUT2D eigenvalue weighted by Crippen LogP contribution is 2.11. The molecule has 0 heterocycles. The Bertz CT molecular complexity index is 204. The Kier molecular flexibility index (Phi) is 7.35. The van der Waals surface area contributed by atoms with E-state index in [2.05, 4.69) is 0 Å². The van der Waals surface area contributed by atoms with Crippen molar-refractivity contribution in [2.45, 2.75) is 6.18 Å². The van der Waals surface area contributed by atoms with E-state index in [1.165, 1.54) is 0 Å². The van der Waals surface area contributed by atoms with Gasteiger partial charge in [-0.15, -0.1) is 0 Å². The Hall–Kier alpha value is -1.57. The topological polar surface area (TPSA) is 94.8 Å². The van der Waals surface area contributed by atoms with Crippen molar-refractivity contribution in [3.63, 3.8) is 0 Å². The van der Waals surface area contributed by atoms with Crippen molar-refractivity contribution in [1.82, 2.24) is 0 Å². The number of carbonyl (C=O) groups is 2. The molecule has 0 aromatic heterocycles. The van der Waals surface area contributed by atoms with E-state index in [1.54, 1.807) is 0 Å². The van der Waals surface area contributed by atoms with Crippen LogP contribution in [0, 0.1) is 0 Å². The second-order valence-corrected chi connectivity index (χ2v) is 1.78. The van der Waals surface area contributed by atoms with Crippen molar-refractivity contribution in [3.8, 4) is 0 Å². The van der Waals surface area contributed by atoms with Crippen molar-refractivity contribution in [3.05, 3.63) is 12.2 Å². The standard InChI is InChI=1S/C4H4O4.C2H3F3O/c5-3(6)1-2-4(7)8;3-2(4,5)1-6/h1-2H,(H,5,6)(H,7,8);6H,1H2/b2-1-;. The van der Waals surface area contributed by atoms with Gasteiger partial charge in [0.25, 0.3) is 0 Å². The lowest BCUT2D eigenvalue weighted by molar-refractivity contribution is -0.159. The van der Waals surface area contributed by atoms with E-state index in [0.717, 1.165) is 0 Å². The molecule has 82 valence electrons. The minimum atomic E-state index is -4.40. The second-order valence-electron chi connectivity index (χ2n) is 1.78. The van der Waals surface area contributed by atoms with Crippen molar-refractivity contribution in [2.24, 2.45) is 0 Å². The second kappa shape index (κ2) is 6.89. The van der Waals surface area contributed by atoms with Crippen LogP contribution in [0.3, 0.4) is 0 Å². The van der Waals surface area contributed by atoms with E-state index in [0.29, 0.717) is 12.2 Å². The van der Waals surface area contributed by atoms with Gasteiger partial charge in [0.05, 0.1) is 0 Å². The quantitative estimate of drug-likeness (QED) is 0.575. The van der Waals surface area contributed by atoms with Gasteiger partial charge >= 0.3 is 18.1 Å². The fourth-order valence-corrected chi connectivity index (χ4v) is 0.143. The summed E-state index contributed by atoms with van der Waals surface area (Å²) in [6.07, 6.45) is -3.29. The number of aliphatic hydroxyl groups is 1. The summed E-state index contributed by atoms with van der Waals surface area (Å²) in [6.45, 7) is -1.73. The first-order valence-corrected chi connectivity index (χ1v) is 3.00. The van der Waals surface area contributed by atoms with Crippen molar-refractivity contribution in [2.75, 3.05) is 6.61 Å². The van der Waals surface area contributed by atoms with Crippen molar-refractivity contribution in [1.29, 1.82) is 0 Å². The average Bonchev–Trinajstić information content (AvgIpc) is 2.01. The zero-order valence-corrected chi connectivity index (χ0v) is 6.65. The molecule has 0 aliphatic heterocycles. The largest absolute Gasteiger partial charge is 0.478 e. The summed E-state index contributed by atoms with van der Waals surface area (Å²) in [6, 6.07) is 0. The number of aliphatic hydroxyl groups excluding tert-OH is 1. The predicted octanol–water partition coefficient (Wildman–Crippen LogP) is 0.253. The minimum Gasteiger partial charge on any atom is -0.478 e. The Labute approximate surface area is 76.1 Å². The van der Waals surface area contributed by atoms with Crippen LogP contribution in [0.2, 0.25) is 0 Å². The number of rotatable bonds is 2. The van der Waals surface area contributed by atoms with Gasteiger partial charge in [-0.25, -0.2) is 9.59 Å². The van der Waals surface area contributed by atoms with Crippen LogP contribution in [0.15, 0.2) is 12.2 Å². The van der Waals surface area contributed by atoms with Crippen LogP contribution >= 0.6 is 0 Å². The number of carboxylic acids is 2. The summed E-state index contributed by atoms with van der Waals surface area (Å²) in [4.78, 5) is 19.1. The summed E-state index contributed by atoms with van der Waals surface area (Å²) >= 11 is 0. The van der Waals surface area contributed by atoms with Gasteiger partial charge in [-0.05, 0) is 0 Å². The van der Waals surface area contributed by atoms with Crippen LogP contribution in [-0.4, -0.2) is 40.0 Å². The Morgan fingerprint density at radius 2 is 1.29 bits per heavy atom. The third-order valence-corrected chi connectivity index (χ3v) is 0.548. The van der Waals surface area contributed by atoms with Gasteiger partial charge in [0.15, 0.2) is 0 Å². The molecule has 0 atom stereocenters. The first-order valence-electron chi connectivity index (χ1n) is 3.00. The Balaban J connectivity index is 0. The number of aliphatic carboxylic acids is 2. The minimum absolute atomic E-state index is 0.558. The molecule has 0 aromatic carbocycles. The van der Waals surface area contributed by atoms with E-state index in [9.17, 15) is 22.8 Å². The summed E-state index contributed by atoms with van der Waals surface area (Å²) in [5, 5.41) is 22.9. The van der Waals surface area contributed by atoms with Gasteiger partial charge in [0.1, 0.15) is 6.61 Å². The SMILES string of the molecule is O=C(O)/C=C\C(=O)O.OCC(F)(F)F. The molecule has 0 rings (SSSR count). The van der Waals surface area contributed by atoms with Gasteiger partial charge in [0.2, 0.25) is 0 Å². The molecule has 0 aliphatic carbocycles. The lowest BCUT2D eigenvalue weighted by Gasteiger charge is -1.95. The molecule has 14 heavy (non-hydrogen) atoms. The highest BCUT2D eigenvalue weighted by molar-refractivity contribution is 5.89. The molecule has 0 radical (unpaired) electrons. The predicted molar refractivity (Wildman–Crippen MR) is 37.6 cm³/mol. The van der Waals surface area contributed by atoms with Crippen LogP contribution in [-0.2, 0) is 9.59 Å². The van der Waals surface area contributed by atoms with Gasteiger partial charge in [0, 0.05) is 12.2 Å². The summed E-state index contributed by atoms with van der Waals surface area (Å²) in [7, 11) is 0. The zero-order chi connectivity index (χ0) is 11.8. The fourth-order valence-electron chi connectivity index (χ4n) is 0.143. The van der Waals surface area contributed by atoms with Crippen LogP contribution in [0.1, 0.15) is 0 Å². The third kappa shape index (κ3) is 22.4. The van der Waals surface area contributed by atoms with Crippen LogP contribution in [0.25, 0.3) is 0 Å². The molecule has 0 bridgehead atoms. The van der Waals surface area contributed by atoms with E-state index < -0.39 is 24.7 Å². The molecule has 8 heteroatoms. The Morgan fingerprint density at radius 3 is 1.36 bits per heavy atom. The molecule has 0 spiro atoms. The molecule has 0 unspecified atom stereocenters. The molecule has 0 saturated carbocycles. The lowest BCUT2D eigenvalue weighted by Crippen LogP contribution is -2.12. The fraction of sp³-hybridized carbons (Fsp3) is 0.333. The molecule has 0 amide bonds. The molecule has 0 aliphatic rings. The first kappa shape index (κ1) is 14.9. The highest BCUT2D eigenvalue weighted by atomic mass is 19.4. The Morgan fingerprint density at radius 1 is 1.07 bits per heavy atom. The summed E-state index contributed by atoms with van der Waals surface area (Å²) < 4.78 is 31.6. The molecule has 0 aromatic rings. The maximum Gasteiger partial charge on any atom is 0.411 e. The van der Waals surface area contributed by atoms with Gasteiger partial charge in [-0.2, -0.15) is 13.2 Å². The molecular weight excluding hydrogens is 209 g/mol. The number of alkyl halides is 3. The normalized spacial score (nSPS) is 10.6. The maximum absolute atomic E-state index is 10.5. The van der Waals surface area contributed by atoms with Crippen molar-refractivity contribution < 1.29 is 38.1 Å². The van der Waals surface area contributed by atoms with Gasteiger partial charge < -0.3 is 15.3 Å². The number of carboxylic acid groups (broad SMARTS) is 2. The zero-order valence-electron chi connectivity index (χ0n) is 6.65. The summed E-state index contributed by atoms with van der Waals surface area (Å²) in [5.74, 6) is -2.51. The van der Waals surface area contributed by atoms with Crippen molar-refractivity contribution >= 4 is 11.9 Å². The van der Waals surface area contributed by atoms with E-state index in [-0.39, 0.29) is 0 Å². The lowest BCUT2D eigenvalue weighted by atomic mass is 10.5. The highest BCUT2D eigenvalue weighted by Gasteiger charge is 2.24. The molecule has 0 fully saturated rings.